The number of nitrogens with one attached hydrogen (secondary N) is 2. The van der Waals surface area contributed by atoms with Crippen LogP contribution in [0.15, 0.2) is 54.6 Å². The number of likely N-dealkylation sites (tertiary alicyclic amines) is 1. The molecule has 31 heavy (non-hydrogen) atoms. The van der Waals surface area contributed by atoms with Crippen LogP contribution in [0, 0.1) is 5.92 Å². The molecule has 1 aliphatic heterocycles. The molecule has 0 bridgehead atoms. The predicted molar refractivity (Wildman–Crippen MR) is 117 cm³/mol. The number of ether oxygens (including phenoxy) is 2. The van der Waals surface area contributed by atoms with Crippen LogP contribution >= 0.6 is 0 Å². The van der Waals surface area contributed by atoms with Gasteiger partial charge in [0.15, 0.2) is 6.10 Å². The Balaban J connectivity index is 1.44. The summed E-state index contributed by atoms with van der Waals surface area (Å²) in [6.45, 7) is 2.43. The van der Waals surface area contributed by atoms with Crippen LogP contribution in [0.5, 0.6) is 5.75 Å². The Morgan fingerprint density at radius 1 is 0.968 bits per heavy atom. The van der Waals surface area contributed by atoms with Crippen molar-refractivity contribution in [2.45, 2.75) is 25.9 Å². The first-order valence-electron chi connectivity index (χ1n) is 10.2. The standard InChI is InChI=1S/C23H27N3O5/c1-16(21(27)24-19-9-6-10-20(15-19)30-2)31-22(28)17-11-13-26(14-12-17)23(29)25-18-7-4-3-5-8-18/h3-10,15-17H,11-14H2,1-2H3,(H,24,27)(H,25,29)/t16-/m1/s1. The lowest BCUT2D eigenvalue weighted by Gasteiger charge is -2.31. The summed E-state index contributed by atoms with van der Waals surface area (Å²) in [6, 6.07) is 16.0. The lowest BCUT2D eigenvalue weighted by atomic mass is 9.97. The normalized spacial score (nSPS) is 15.0. The van der Waals surface area contributed by atoms with E-state index in [-0.39, 0.29) is 11.9 Å². The highest BCUT2D eigenvalue weighted by atomic mass is 16.5. The molecule has 1 saturated heterocycles. The van der Waals surface area contributed by atoms with Gasteiger partial charge in [0.25, 0.3) is 5.91 Å². The fourth-order valence-electron chi connectivity index (χ4n) is 3.31. The first kappa shape index (κ1) is 22.1. The molecule has 0 aromatic heterocycles. The fourth-order valence-corrected chi connectivity index (χ4v) is 3.31. The van der Waals surface area contributed by atoms with Crippen LogP contribution in [0.25, 0.3) is 0 Å². The molecule has 0 aliphatic carbocycles. The summed E-state index contributed by atoms with van der Waals surface area (Å²) in [5.74, 6) is -0.559. The molecule has 8 nitrogen and oxygen atoms in total. The van der Waals surface area contributed by atoms with E-state index in [1.807, 2.05) is 30.3 Å². The van der Waals surface area contributed by atoms with E-state index in [4.69, 9.17) is 9.47 Å². The molecule has 1 fully saturated rings. The summed E-state index contributed by atoms with van der Waals surface area (Å²) in [7, 11) is 1.54. The number of para-hydroxylation sites is 1. The number of carbonyl (C=O) groups excluding carboxylic acids is 3. The Hall–Kier alpha value is -3.55. The van der Waals surface area contributed by atoms with Crippen LogP contribution in [0.1, 0.15) is 19.8 Å². The minimum atomic E-state index is -0.932. The number of urea groups is 1. The molecule has 0 spiro atoms. The summed E-state index contributed by atoms with van der Waals surface area (Å²) >= 11 is 0. The average molecular weight is 425 g/mol. The van der Waals surface area contributed by atoms with Crippen LogP contribution in [0.3, 0.4) is 0 Å². The van der Waals surface area contributed by atoms with Gasteiger partial charge < -0.3 is 25.0 Å². The third-order valence-corrected chi connectivity index (χ3v) is 5.14. The van der Waals surface area contributed by atoms with E-state index in [2.05, 4.69) is 10.6 Å². The molecule has 2 aromatic carbocycles. The number of rotatable bonds is 6. The number of carbonyl (C=O) groups is 3. The lowest BCUT2D eigenvalue weighted by molar-refractivity contribution is -0.158. The number of hydrogen-bond acceptors (Lipinski definition) is 5. The Kier molecular flexibility index (Phi) is 7.48. The molecule has 2 aromatic rings. The molecule has 1 aliphatic rings. The van der Waals surface area contributed by atoms with Gasteiger partial charge in [-0.15, -0.1) is 0 Å². The van der Waals surface area contributed by atoms with E-state index in [9.17, 15) is 14.4 Å². The highest BCUT2D eigenvalue weighted by molar-refractivity contribution is 5.95. The van der Waals surface area contributed by atoms with Crippen molar-refractivity contribution in [3.63, 3.8) is 0 Å². The van der Waals surface area contributed by atoms with Crippen molar-refractivity contribution in [2.75, 3.05) is 30.8 Å². The van der Waals surface area contributed by atoms with Crippen molar-refractivity contribution in [3.05, 3.63) is 54.6 Å². The Bertz CT molecular complexity index is 910. The van der Waals surface area contributed by atoms with Crippen LogP contribution < -0.4 is 15.4 Å². The minimum Gasteiger partial charge on any atom is -0.497 e. The van der Waals surface area contributed by atoms with E-state index in [0.29, 0.717) is 37.4 Å². The molecule has 3 rings (SSSR count). The molecule has 8 heteroatoms. The molecule has 0 saturated carbocycles. The number of amides is 3. The van der Waals surface area contributed by atoms with Gasteiger partial charge in [-0.05, 0) is 44.0 Å². The molecule has 1 atom stereocenters. The largest absolute Gasteiger partial charge is 0.497 e. The van der Waals surface area contributed by atoms with Crippen molar-refractivity contribution in [2.24, 2.45) is 5.92 Å². The minimum absolute atomic E-state index is 0.191. The molecular weight excluding hydrogens is 398 g/mol. The van der Waals surface area contributed by atoms with E-state index in [0.717, 1.165) is 5.69 Å². The van der Waals surface area contributed by atoms with Crippen LogP contribution in [0.2, 0.25) is 0 Å². The second-order valence-electron chi connectivity index (χ2n) is 7.36. The SMILES string of the molecule is COc1cccc(NC(=O)[C@@H](C)OC(=O)C2CCN(C(=O)Nc3ccccc3)CC2)c1. The van der Waals surface area contributed by atoms with Crippen LogP contribution in [-0.2, 0) is 14.3 Å². The van der Waals surface area contributed by atoms with Gasteiger partial charge in [-0.25, -0.2) is 4.79 Å². The van der Waals surface area contributed by atoms with E-state index in [1.165, 1.54) is 6.92 Å². The maximum atomic E-state index is 12.5. The highest BCUT2D eigenvalue weighted by Crippen LogP contribution is 2.21. The van der Waals surface area contributed by atoms with Gasteiger partial charge in [0.05, 0.1) is 13.0 Å². The molecule has 1 heterocycles. The van der Waals surface area contributed by atoms with Crippen molar-refractivity contribution in [1.29, 1.82) is 0 Å². The van der Waals surface area contributed by atoms with Gasteiger partial charge >= 0.3 is 12.0 Å². The van der Waals surface area contributed by atoms with Crippen molar-refractivity contribution in [3.8, 4) is 5.75 Å². The topological polar surface area (TPSA) is 97.0 Å². The summed E-state index contributed by atoms with van der Waals surface area (Å²) in [5.41, 5.74) is 1.29. The van der Waals surface area contributed by atoms with Gasteiger partial charge in [-0.2, -0.15) is 0 Å². The zero-order chi connectivity index (χ0) is 22.2. The van der Waals surface area contributed by atoms with Crippen molar-refractivity contribution >= 4 is 29.3 Å². The van der Waals surface area contributed by atoms with E-state index in [1.54, 1.807) is 36.3 Å². The van der Waals surface area contributed by atoms with Gasteiger partial charge in [-0.3, -0.25) is 9.59 Å². The van der Waals surface area contributed by atoms with E-state index >= 15 is 0 Å². The summed E-state index contributed by atoms with van der Waals surface area (Å²) < 4.78 is 10.5. The van der Waals surface area contributed by atoms with Crippen molar-refractivity contribution in [1.82, 2.24) is 4.90 Å². The van der Waals surface area contributed by atoms with Crippen molar-refractivity contribution < 1.29 is 23.9 Å². The average Bonchev–Trinajstić information content (AvgIpc) is 2.79. The monoisotopic (exact) mass is 425 g/mol. The summed E-state index contributed by atoms with van der Waals surface area (Å²) in [4.78, 5) is 38.9. The van der Waals surface area contributed by atoms with Gasteiger partial charge in [0.1, 0.15) is 5.75 Å². The van der Waals surface area contributed by atoms with E-state index < -0.39 is 18.0 Å². The Morgan fingerprint density at radius 2 is 1.65 bits per heavy atom. The smallest absolute Gasteiger partial charge is 0.321 e. The number of piperidine rings is 1. The number of anilines is 2. The highest BCUT2D eigenvalue weighted by Gasteiger charge is 2.30. The Labute approximate surface area is 181 Å². The molecule has 164 valence electrons. The van der Waals surface area contributed by atoms with Crippen LogP contribution in [-0.4, -0.2) is 49.1 Å². The molecule has 0 radical (unpaired) electrons. The summed E-state index contributed by atoms with van der Waals surface area (Å²) in [5, 5.41) is 5.56. The maximum Gasteiger partial charge on any atom is 0.321 e. The number of hydrogen-bond donors (Lipinski definition) is 2. The zero-order valence-electron chi connectivity index (χ0n) is 17.7. The Morgan fingerprint density at radius 3 is 2.32 bits per heavy atom. The van der Waals surface area contributed by atoms with Gasteiger partial charge in [0, 0.05) is 30.5 Å². The van der Waals surface area contributed by atoms with Gasteiger partial charge in [-0.1, -0.05) is 24.3 Å². The third kappa shape index (κ3) is 6.21. The predicted octanol–water partition coefficient (Wildman–Crippen LogP) is 3.51. The molecular formula is C23H27N3O5. The maximum absolute atomic E-state index is 12.5. The van der Waals surface area contributed by atoms with Crippen LogP contribution in [0.4, 0.5) is 16.2 Å². The first-order chi connectivity index (χ1) is 15.0. The third-order valence-electron chi connectivity index (χ3n) is 5.14. The molecule has 0 unspecified atom stereocenters. The quantitative estimate of drug-likeness (QED) is 0.691. The number of methoxy groups -OCH3 is 1. The number of nitrogens with zero attached hydrogens (tertiary/aromatic N) is 1. The number of esters is 1. The lowest BCUT2D eigenvalue weighted by Crippen LogP contribution is -2.43. The zero-order valence-corrected chi connectivity index (χ0v) is 17.7. The fraction of sp³-hybridized carbons (Fsp3) is 0.348. The summed E-state index contributed by atoms with van der Waals surface area (Å²) in [6.07, 6.45) is 0.0504. The second-order valence-corrected chi connectivity index (χ2v) is 7.36. The second kappa shape index (κ2) is 10.5. The molecule has 2 N–H and O–H groups in total. The first-order valence-corrected chi connectivity index (χ1v) is 10.2. The van der Waals surface area contributed by atoms with Gasteiger partial charge in [0.2, 0.25) is 0 Å². The number of benzene rings is 2. The molecule has 3 amide bonds.